The Morgan fingerprint density at radius 2 is 1.70 bits per heavy atom. The lowest BCUT2D eigenvalue weighted by Gasteiger charge is -2.02. The van der Waals surface area contributed by atoms with Gasteiger partial charge in [0, 0.05) is 34.4 Å². The lowest BCUT2D eigenvalue weighted by atomic mass is 10.0. The number of aromatic nitrogens is 1. The van der Waals surface area contributed by atoms with Gasteiger partial charge in [-0.25, -0.2) is 0 Å². The fraction of sp³-hybridized carbons (Fsp3) is 0.0556. The summed E-state index contributed by atoms with van der Waals surface area (Å²) in [5, 5.41) is 4.76. The van der Waals surface area contributed by atoms with Crippen molar-refractivity contribution >= 4 is 38.9 Å². The first-order chi connectivity index (χ1) is 9.78. The van der Waals surface area contributed by atoms with Crippen LogP contribution in [0.25, 0.3) is 32.6 Å². The van der Waals surface area contributed by atoms with E-state index in [4.69, 9.17) is 0 Å². The second-order valence-corrected chi connectivity index (χ2v) is 5.17. The third-order valence-electron chi connectivity index (χ3n) is 4.03. The first-order valence-corrected chi connectivity index (χ1v) is 6.64. The van der Waals surface area contributed by atoms with Crippen LogP contribution in [0.1, 0.15) is 10.4 Å². The van der Waals surface area contributed by atoms with E-state index in [1.165, 1.54) is 21.8 Å². The van der Waals surface area contributed by atoms with Crippen molar-refractivity contribution in [2.24, 2.45) is 7.05 Å². The zero-order chi connectivity index (χ0) is 13.7. The summed E-state index contributed by atoms with van der Waals surface area (Å²) in [4.78, 5) is 10.9. The van der Waals surface area contributed by atoms with Gasteiger partial charge in [-0.2, -0.15) is 0 Å². The number of aryl methyl sites for hydroxylation is 1. The molecule has 2 heteroatoms. The fourth-order valence-electron chi connectivity index (χ4n) is 2.99. The number of para-hydroxylation sites is 1. The van der Waals surface area contributed by atoms with Gasteiger partial charge < -0.3 is 4.57 Å². The monoisotopic (exact) mass is 259 g/mol. The smallest absolute Gasteiger partial charge is 0.150 e. The molecule has 4 rings (SSSR count). The summed E-state index contributed by atoms with van der Waals surface area (Å²) in [5.41, 5.74) is 3.17. The summed E-state index contributed by atoms with van der Waals surface area (Å²) in [6.07, 6.45) is 0.896. The van der Waals surface area contributed by atoms with Gasteiger partial charge in [0.15, 0.2) is 0 Å². The van der Waals surface area contributed by atoms with Crippen LogP contribution >= 0.6 is 0 Å². The fourth-order valence-corrected chi connectivity index (χ4v) is 2.99. The van der Waals surface area contributed by atoms with Crippen molar-refractivity contribution in [1.82, 2.24) is 4.57 Å². The van der Waals surface area contributed by atoms with E-state index in [-0.39, 0.29) is 0 Å². The van der Waals surface area contributed by atoms with Crippen LogP contribution in [0.2, 0.25) is 0 Å². The minimum Gasteiger partial charge on any atom is -0.344 e. The van der Waals surface area contributed by atoms with Crippen LogP contribution in [0, 0.1) is 0 Å². The maximum Gasteiger partial charge on any atom is 0.150 e. The predicted molar refractivity (Wildman–Crippen MR) is 83.3 cm³/mol. The van der Waals surface area contributed by atoms with E-state index < -0.39 is 0 Å². The van der Waals surface area contributed by atoms with E-state index in [0.29, 0.717) is 0 Å². The molecule has 96 valence electrons. The molecular weight excluding hydrogens is 246 g/mol. The summed E-state index contributed by atoms with van der Waals surface area (Å²) >= 11 is 0. The Hall–Kier alpha value is -2.61. The molecule has 0 aliphatic carbocycles. The number of nitrogens with zero attached hydrogens (tertiary/aromatic N) is 1. The maximum atomic E-state index is 10.9. The van der Waals surface area contributed by atoms with E-state index in [1.807, 2.05) is 18.2 Å². The van der Waals surface area contributed by atoms with E-state index in [1.54, 1.807) is 0 Å². The van der Waals surface area contributed by atoms with Crippen LogP contribution in [-0.4, -0.2) is 10.9 Å². The highest BCUT2D eigenvalue weighted by molar-refractivity contribution is 6.12. The third-order valence-corrected chi connectivity index (χ3v) is 4.03. The SMILES string of the molecule is Cn1c2ccccc2c2cc3cc(C=O)ccc3cc21. The largest absolute Gasteiger partial charge is 0.344 e. The Morgan fingerprint density at radius 3 is 2.55 bits per heavy atom. The molecular formula is C18H13NO. The minimum atomic E-state index is 0.720. The van der Waals surface area contributed by atoms with Crippen molar-refractivity contribution in [2.75, 3.05) is 0 Å². The summed E-state index contributed by atoms with van der Waals surface area (Å²) in [5.74, 6) is 0. The summed E-state index contributed by atoms with van der Waals surface area (Å²) in [6.45, 7) is 0. The second-order valence-electron chi connectivity index (χ2n) is 5.17. The highest BCUT2D eigenvalue weighted by Crippen LogP contribution is 2.31. The lowest BCUT2D eigenvalue weighted by Crippen LogP contribution is -1.86. The van der Waals surface area contributed by atoms with Crippen LogP contribution in [0.15, 0.2) is 54.6 Å². The van der Waals surface area contributed by atoms with Gasteiger partial charge in [0.25, 0.3) is 0 Å². The van der Waals surface area contributed by atoms with Gasteiger partial charge in [0.1, 0.15) is 6.29 Å². The lowest BCUT2D eigenvalue weighted by molar-refractivity contribution is 0.112. The molecule has 3 aromatic carbocycles. The average molecular weight is 259 g/mol. The van der Waals surface area contributed by atoms with Crippen LogP contribution in [0.4, 0.5) is 0 Å². The van der Waals surface area contributed by atoms with Crippen molar-refractivity contribution in [3.8, 4) is 0 Å². The number of aldehydes is 1. The molecule has 0 atom stereocenters. The van der Waals surface area contributed by atoms with E-state index in [9.17, 15) is 4.79 Å². The Balaban J connectivity index is 2.23. The van der Waals surface area contributed by atoms with Gasteiger partial charge in [-0.15, -0.1) is 0 Å². The van der Waals surface area contributed by atoms with Crippen molar-refractivity contribution in [1.29, 1.82) is 0 Å². The van der Waals surface area contributed by atoms with E-state index in [0.717, 1.165) is 22.6 Å². The van der Waals surface area contributed by atoms with Crippen molar-refractivity contribution in [3.05, 3.63) is 60.2 Å². The highest BCUT2D eigenvalue weighted by atomic mass is 16.1. The zero-order valence-electron chi connectivity index (χ0n) is 11.1. The molecule has 0 aliphatic rings. The van der Waals surface area contributed by atoms with Gasteiger partial charge in [0.05, 0.1) is 0 Å². The molecule has 0 fully saturated rings. The Labute approximate surface area is 116 Å². The van der Waals surface area contributed by atoms with E-state index >= 15 is 0 Å². The number of hydrogen-bond donors (Lipinski definition) is 0. The Bertz CT molecular complexity index is 979. The first-order valence-electron chi connectivity index (χ1n) is 6.64. The molecule has 0 aliphatic heterocycles. The molecule has 0 amide bonds. The van der Waals surface area contributed by atoms with Crippen LogP contribution < -0.4 is 0 Å². The normalized spacial score (nSPS) is 11.4. The summed E-state index contributed by atoms with van der Waals surface area (Å²) < 4.78 is 2.22. The Morgan fingerprint density at radius 1 is 0.850 bits per heavy atom. The maximum absolute atomic E-state index is 10.9. The molecule has 0 radical (unpaired) electrons. The third kappa shape index (κ3) is 1.42. The summed E-state index contributed by atoms with van der Waals surface area (Å²) in [6, 6.07) is 18.6. The number of carbonyl (C=O) groups excluding carboxylic acids is 1. The zero-order valence-corrected chi connectivity index (χ0v) is 11.1. The highest BCUT2D eigenvalue weighted by Gasteiger charge is 2.08. The molecule has 0 N–H and O–H groups in total. The molecule has 0 saturated carbocycles. The van der Waals surface area contributed by atoms with Crippen LogP contribution in [0.3, 0.4) is 0 Å². The van der Waals surface area contributed by atoms with Crippen LogP contribution in [-0.2, 0) is 7.05 Å². The van der Waals surface area contributed by atoms with Gasteiger partial charge in [-0.05, 0) is 35.0 Å². The predicted octanol–water partition coefficient (Wildman–Crippen LogP) is 4.30. The van der Waals surface area contributed by atoms with Gasteiger partial charge in [-0.3, -0.25) is 4.79 Å². The van der Waals surface area contributed by atoms with Crippen LogP contribution in [0.5, 0.6) is 0 Å². The topological polar surface area (TPSA) is 22.0 Å². The molecule has 1 aromatic heterocycles. The standard InChI is InChI=1S/C18H13NO/c1-19-17-5-3-2-4-15(17)16-9-14-8-12(11-20)6-7-13(14)10-18(16)19/h2-11H,1H3. The summed E-state index contributed by atoms with van der Waals surface area (Å²) in [7, 11) is 2.09. The van der Waals surface area contributed by atoms with Crippen molar-refractivity contribution in [2.45, 2.75) is 0 Å². The number of carbonyl (C=O) groups is 1. The van der Waals surface area contributed by atoms with Crippen molar-refractivity contribution in [3.63, 3.8) is 0 Å². The molecule has 1 heterocycles. The van der Waals surface area contributed by atoms with E-state index in [2.05, 4.69) is 48.0 Å². The quantitative estimate of drug-likeness (QED) is 0.467. The molecule has 4 aromatic rings. The van der Waals surface area contributed by atoms with Gasteiger partial charge in [-0.1, -0.05) is 30.3 Å². The molecule has 2 nitrogen and oxygen atoms in total. The molecule has 0 bridgehead atoms. The number of rotatable bonds is 1. The number of hydrogen-bond acceptors (Lipinski definition) is 1. The minimum absolute atomic E-state index is 0.720. The molecule has 0 unspecified atom stereocenters. The molecule has 0 spiro atoms. The average Bonchev–Trinajstić information content (AvgIpc) is 2.78. The number of fused-ring (bicyclic) bond motifs is 4. The molecule has 20 heavy (non-hydrogen) atoms. The number of benzene rings is 3. The first kappa shape index (κ1) is 11.2. The van der Waals surface area contributed by atoms with Gasteiger partial charge in [0.2, 0.25) is 0 Å². The van der Waals surface area contributed by atoms with Crippen molar-refractivity contribution < 1.29 is 4.79 Å². The second kappa shape index (κ2) is 3.94. The molecule has 0 saturated heterocycles. The van der Waals surface area contributed by atoms with Gasteiger partial charge >= 0.3 is 0 Å². The Kier molecular flexibility index (Phi) is 2.21.